The fraction of sp³-hybridized carbons (Fsp3) is 0.0833. The molecule has 1 amide bonds. The topological polar surface area (TPSA) is 148 Å². The van der Waals surface area contributed by atoms with Gasteiger partial charge in [0.15, 0.2) is 6.61 Å². The Morgan fingerprint density at radius 3 is 1.90 bits per heavy atom. The van der Waals surface area contributed by atoms with Gasteiger partial charge in [-0.2, -0.15) is 0 Å². The van der Waals surface area contributed by atoms with E-state index in [2.05, 4.69) is 14.8 Å². The monoisotopic (exact) mass is 623 g/mol. The summed E-state index contributed by atoms with van der Waals surface area (Å²) in [6, 6.07) is 16.7. The number of hydrogen-bond acceptors (Lipinski definition) is 10. The molecule has 0 atom stereocenters. The third-order valence-corrected chi connectivity index (χ3v) is 11.3. The number of rotatable bonds is 11. The first-order valence-electron chi connectivity index (χ1n) is 10.9. The van der Waals surface area contributed by atoms with E-state index in [1.54, 1.807) is 35.0 Å². The van der Waals surface area contributed by atoms with Crippen molar-refractivity contribution < 1.29 is 31.2 Å². The zero-order chi connectivity index (χ0) is 28.0. The standard InChI is InChI=1S/C24H21N3O7S5/c1-35-20-7-3-2-6-19(20)25-21(28)15-34-24(29)16-12-17(26-38(30,31)22-8-4-10-36-22)14-18(13-16)27-39(32,33)23-9-5-11-37-23/h2-14,26-27H,15H2,1H3,(H,25,28). The average molecular weight is 624 g/mol. The lowest BCUT2D eigenvalue weighted by Crippen LogP contribution is -2.21. The zero-order valence-corrected chi connectivity index (χ0v) is 24.2. The molecule has 15 heteroatoms. The van der Waals surface area contributed by atoms with Gasteiger partial charge in [0.2, 0.25) is 0 Å². The van der Waals surface area contributed by atoms with E-state index in [1.165, 1.54) is 42.1 Å². The highest BCUT2D eigenvalue weighted by atomic mass is 32.3. The first-order chi connectivity index (χ1) is 18.6. The predicted octanol–water partition coefficient (Wildman–Crippen LogP) is 4.93. The zero-order valence-electron chi connectivity index (χ0n) is 20.1. The highest BCUT2D eigenvalue weighted by Gasteiger charge is 2.21. The number of anilines is 3. The van der Waals surface area contributed by atoms with Crippen molar-refractivity contribution in [2.75, 3.05) is 27.6 Å². The van der Waals surface area contributed by atoms with E-state index in [4.69, 9.17) is 4.74 Å². The molecule has 0 fully saturated rings. The van der Waals surface area contributed by atoms with Crippen LogP contribution in [0.2, 0.25) is 0 Å². The molecule has 0 saturated heterocycles. The van der Waals surface area contributed by atoms with Gasteiger partial charge in [-0.05, 0) is 59.5 Å². The van der Waals surface area contributed by atoms with Gasteiger partial charge in [0.1, 0.15) is 8.42 Å². The number of nitrogens with one attached hydrogen (secondary N) is 3. The van der Waals surface area contributed by atoms with Crippen molar-refractivity contribution in [2.24, 2.45) is 0 Å². The smallest absolute Gasteiger partial charge is 0.338 e. The summed E-state index contributed by atoms with van der Waals surface area (Å²) in [6.07, 6.45) is 1.86. The average Bonchev–Trinajstić information content (AvgIpc) is 3.62. The lowest BCUT2D eigenvalue weighted by Gasteiger charge is -2.13. The van der Waals surface area contributed by atoms with Crippen LogP contribution in [0.3, 0.4) is 0 Å². The number of carbonyl (C=O) groups excluding carboxylic acids is 2. The molecule has 204 valence electrons. The highest BCUT2D eigenvalue weighted by molar-refractivity contribution is 7.98. The predicted molar refractivity (Wildman–Crippen MR) is 154 cm³/mol. The van der Waals surface area contributed by atoms with Gasteiger partial charge in [0, 0.05) is 4.90 Å². The van der Waals surface area contributed by atoms with E-state index in [1.807, 2.05) is 18.4 Å². The van der Waals surface area contributed by atoms with Crippen LogP contribution in [0.4, 0.5) is 17.1 Å². The number of esters is 1. The van der Waals surface area contributed by atoms with Gasteiger partial charge in [0.25, 0.3) is 26.0 Å². The first kappa shape index (κ1) is 28.6. The van der Waals surface area contributed by atoms with Gasteiger partial charge in [0.05, 0.1) is 22.6 Å². The van der Waals surface area contributed by atoms with Gasteiger partial charge in [-0.15, -0.1) is 34.4 Å². The van der Waals surface area contributed by atoms with Crippen molar-refractivity contribution in [1.29, 1.82) is 0 Å². The van der Waals surface area contributed by atoms with E-state index >= 15 is 0 Å². The third kappa shape index (κ3) is 7.39. The summed E-state index contributed by atoms with van der Waals surface area (Å²) < 4.78 is 60.9. The van der Waals surface area contributed by atoms with Crippen LogP contribution in [0.25, 0.3) is 0 Å². The van der Waals surface area contributed by atoms with Crippen LogP contribution in [-0.4, -0.2) is 41.6 Å². The van der Waals surface area contributed by atoms with Crippen molar-refractivity contribution in [2.45, 2.75) is 13.3 Å². The number of ether oxygens (including phenoxy) is 1. The summed E-state index contributed by atoms with van der Waals surface area (Å²) in [7, 11) is -8.02. The number of thioether (sulfide) groups is 1. The van der Waals surface area contributed by atoms with Crippen molar-refractivity contribution in [3.63, 3.8) is 0 Å². The molecule has 2 aromatic carbocycles. The van der Waals surface area contributed by atoms with Crippen LogP contribution >= 0.6 is 34.4 Å². The quantitative estimate of drug-likeness (QED) is 0.157. The lowest BCUT2D eigenvalue weighted by molar-refractivity contribution is -0.119. The Balaban J connectivity index is 1.56. The van der Waals surface area contributed by atoms with Gasteiger partial charge in [-0.1, -0.05) is 24.3 Å². The van der Waals surface area contributed by atoms with E-state index in [9.17, 15) is 26.4 Å². The number of carbonyl (C=O) groups is 2. The largest absolute Gasteiger partial charge is 0.452 e. The van der Waals surface area contributed by atoms with Gasteiger partial charge in [-0.25, -0.2) is 21.6 Å². The normalized spacial score (nSPS) is 11.5. The highest BCUT2D eigenvalue weighted by Crippen LogP contribution is 2.28. The Labute approximate surface area is 237 Å². The molecule has 39 heavy (non-hydrogen) atoms. The molecule has 4 aromatic rings. The van der Waals surface area contributed by atoms with Crippen LogP contribution < -0.4 is 14.8 Å². The Morgan fingerprint density at radius 2 is 1.38 bits per heavy atom. The minimum atomic E-state index is -4.01. The molecule has 2 heterocycles. The molecular weight excluding hydrogens is 603 g/mol. The number of para-hydroxylation sites is 1. The second-order valence-corrected chi connectivity index (χ2v) is 14.3. The molecule has 0 radical (unpaired) electrons. The number of hydrogen-bond donors (Lipinski definition) is 3. The van der Waals surface area contributed by atoms with Crippen LogP contribution in [-0.2, 0) is 29.6 Å². The Kier molecular flexibility index (Phi) is 8.97. The van der Waals surface area contributed by atoms with E-state index < -0.39 is 38.5 Å². The number of benzene rings is 2. The Hall–Kier alpha value is -3.37. The summed E-state index contributed by atoms with van der Waals surface area (Å²) in [4.78, 5) is 26.1. The summed E-state index contributed by atoms with van der Waals surface area (Å²) >= 11 is 3.41. The summed E-state index contributed by atoms with van der Waals surface area (Å²) in [5.41, 5.74) is 0.212. The van der Waals surface area contributed by atoms with Crippen LogP contribution in [0.1, 0.15) is 10.4 Å². The Bertz CT molecular complexity index is 1600. The Morgan fingerprint density at radius 1 is 0.821 bits per heavy atom. The molecule has 0 unspecified atom stereocenters. The number of thiophene rings is 2. The van der Waals surface area contributed by atoms with Gasteiger partial charge < -0.3 is 10.1 Å². The van der Waals surface area contributed by atoms with Crippen LogP contribution in [0, 0.1) is 0 Å². The molecule has 0 spiro atoms. The molecule has 3 N–H and O–H groups in total. The van der Waals surface area contributed by atoms with E-state index in [0.717, 1.165) is 27.6 Å². The fourth-order valence-corrected chi connectivity index (χ4v) is 7.88. The van der Waals surface area contributed by atoms with Crippen molar-refractivity contribution in [3.8, 4) is 0 Å². The molecular formula is C24H21N3O7S5. The molecule has 0 bridgehead atoms. The maximum atomic E-state index is 12.9. The van der Waals surface area contributed by atoms with Crippen molar-refractivity contribution in [3.05, 3.63) is 83.1 Å². The van der Waals surface area contributed by atoms with E-state index in [0.29, 0.717) is 5.69 Å². The van der Waals surface area contributed by atoms with Crippen LogP contribution in [0.5, 0.6) is 0 Å². The lowest BCUT2D eigenvalue weighted by atomic mass is 10.2. The first-order valence-corrected chi connectivity index (χ1v) is 16.9. The summed E-state index contributed by atoms with van der Waals surface area (Å²) in [6.45, 7) is -0.622. The molecule has 4 rings (SSSR count). The second kappa shape index (κ2) is 12.2. The summed E-state index contributed by atoms with van der Waals surface area (Å²) in [5, 5.41) is 5.84. The minimum absolute atomic E-state index is 0.0263. The molecule has 0 saturated carbocycles. The minimum Gasteiger partial charge on any atom is -0.452 e. The SMILES string of the molecule is CSc1ccccc1NC(=O)COC(=O)c1cc(NS(=O)(=O)c2cccs2)cc(NS(=O)(=O)c2cccs2)c1. The molecule has 0 aliphatic rings. The fourth-order valence-electron chi connectivity index (χ4n) is 3.26. The van der Waals surface area contributed by atoms with Crippen molar-refractivity contribution >= 4 is 83.4 Å². The molecule has 0 aliphatic heterocycles. The maximum absolute atomic E-state index is 12.9. The number of sulfonamides is 2. The molecule has 2 aromatic heterocycles. The van der Waals surface area contributed by atoms with Crippen LogP contribution in [0.15, 0.2) is 90.8 Å². The third-order valence-electron chi connectivity index (χ3n) is 4.91. The molecule has 10 nitrogen and oxygen atoms in total. The number of amides is 1. The second-order valence-electron chi connectivity index (χ2n) is 7.70. The molecule has 0 aliphatic carbocycles. The maximum Gasteiger partial charge on any atom is 0.338 e. The van der Waals surface area contributed by atoms with E-state index in [-0.39, 0.29) is 25.4 Å². The van der Waals surface area contributed by atoms with Crippen molar-refractivity contribution in [1.82, 2.24) is 0 Å². The summed E-state index contributed by atoms with van der Waals surface area (Å²) in [5.74, 6) is -1.55. The van der Waals surface area contributed by atoms with Gasteiger partial charge >= 0.3 is 5.97 Å². The van der Waals surface area contributed by atoms with Gasteiger partial charge in [-0.3, -0.25) is 14.2 Å².